The van der Waals surface area contributed by atoms with Crippen LogP contribution in [0.4, 0.5) is 0 Å². The minimum atomic E-state index is 0.932. The molecule has 0 aromatic rings. The first-order valence-electron chi connectivity index (χ1n) is 4.49. The second-order valence-electron chi connectivity index (χ2n) is 3.40. The molecule has 10 heavy (non-hydrogen) atoms. The fraction of sp³-hybridized carbons (Fsp3) is 1.00. The normalized spacial score (nSPS) is 34.2. The molecule has 2 atom stereocenters. The summed E-state index contributed by atoms with van der Waals surface area (Å²) in [4.78, 5) is 0. The maximum atomic E-state index is 4.38. The van der Waals surface area contributed by atoms with E-state index < -0.39 is 0 Å². The fourth-order valence-corrected chi connectivity index (χ4v) is 2.54. The summed E-state index contributed by atoms with van der Waals surface area (Å²) in [6.45, 7) is 2.31. The Bertz CT molecular complexity index is 78.7. The van der Waals surface area contributed by atoms with Gasteiger partial charge in [0.2, 0.25) is 0 Å². The van der Waals surface area contributed by atoms with Gasteiger partial charge in [0.25, 0.3) is 0 Å². The standard InChI is InChI=1S/C9H18S/c1-2-8-5-3-4-6-9(8)7-10/h8-10H,2-7H2,1H3/t8?,9-/m0/s1. The molecule has 1 aliphatic rings. The van der Waals surface area contributed by atoms with Crippen molar-refractivity contribution in [2.24, 2.45) is 11.8 Å². The zero-order valence-corrected chi connectivity index (χ0v) is 7.74. The molecule has 1 heteroatoms. The first-order valence-corrected chi connectivity index (χ1v) is 5.12. The summed E-state index contributed by atoms with van der Waals surface area (Å²) in [5.74, 6) is 3.03. The Morgan fingerprint density at radius 3 is 2.20 bits per heavy atom. The summed E-state index contributed by atoms with van der Waals surface area (Å²) in [6, 6.07) is 0. The van der Waals surface area contributed by atoms with Crippen LogP contribution in [0.1, 0.15) is 39.0 Å². The summed E-state index contributed by atoms with van der Waals surface area (Å²) < 4.78 is 0. The van der Waals surface area contributed by atoms with Crippen LogP contribution in [-0.2, 0) is 0 Å². The van der Waals surface area contributed by atoms with Crippen molar-refractivity contribution in [3.8, 4) is 0 Å². The average Bonchev–Trinajstić information content (AvgIpc) is 2.04. The summed E-state index contributed by atoms with van der Waals surface area (Å²) in [5.41, 5.74) is 0. The Morgan fingerprint density at radius 1 is 1.20 bits per heavy atom. The summed E-state index contributed by atoms with van der Waals surface area (Å²) in [5, 5.41) is 0. The van der Waals surface area contributed by atoms with Crippen molar-refractivity contribution in [1.82, 2.24) is 0 Å². The number of thiol groups is 1. The van der Waals surface area contributed by atoms with Crippen LogP contribution in [0, 0.1) is 11.8 Å². The molecule has 0 amide bonds. The largest absolute Gasteiger partial charge is 0.179 e. The fourth-order valence-electron chi connectivity index (χ4n) is 2.06. The van der Waals surface area contributed by atoms with E-state index in [1.165, 1.54) is 32.1 Å². The molecule has 1 aliphatic carbocycles. The third-order valence-electron chi connectivity index (χ3n) is 2.83. The van der Waals surface area contributed by atoms with Crippen LogP contribution in [-0.4, -0.2) is 5.75 Å². The molecule has 60 valence electrons. The molecule has 1 saturated carbocycles. The minimum Gasteiger partial charge on any atom is -0.179 e. The van der Waals surface area contributed by atoms with Gasteiger partial charge in [-0.3, -0.25) is 0 Å². The SMILES string of the molecule is CCC1CCCC[C@H]1CS. The molecule has 0 saturated heterocycles. The zero-order chi connectivity index (χ0) is 7.40. The van der Waals surface area contributed by atoms with Gasteiger partial charge in [0.05, 0.1) is 0 Å². The van der Waals surface area contributed by atoms with Gasteiger partial charge < -0.3 is 0 Å². The van der Waals surface area contributed by atoms with Crippen molar-refractivity contribution in [2.45, 2.75) is 39.0 Å². The van der Waals surface area contributed by atoms with Crippen LogP contribution in [0.5, 0.6) is 0 Å². The lowest BCUT2D eigenvalue weighted by Crippen LogP contribution is -2.19. The van der Waals surface area contributed by atoms with Crippen LogP contribution in [0.3, 0.4) is 0 Å². The van der Waals surface area contributed by atoms with Crippen LogP contribution in [0.15, 0.2) is 0 Å². The highest BCUT2D eigenvalue weighted by molar-refractivity contribution is 7.80. The van der Waals surface area contributed by atoms with E-state index in [-0.39, 0.29) is 0 Å². The third kappa shape index (κ3) is 1.91. The molecule has 0 bridgehead atoms. The zero-order valence-electron chi connectivity index (χ0n) is 6.84. The van der Waals surface area contributed by atoms with E-state index in [2.05, 4.69) is 19.6 Å². The van der Waals surface area contributed by atoms with E-state index in [0.29, 0.717) is 0 Å². The highest BCUT2D eigenvalue weighted by atomic mass is 32.1. The van der Waals surface area contributed by atoms with Crippen LogP contribution < -0.4 is 0 Å². The van der Waals surface area contributed by atoms with E-state index in [1.807, 2.05) is 0 Å². The van der Waals surface area contributed by atoms with Gasteiger partial charge in [0.15, 0.2) is 0 Å². The molecule has 0 radical (unpaired) electrons. The lowest BCUT2D eigenvalue weighted by molar-refractivity contribution is 0.254. The Labute approximate surface area is 69.8 Å². The van der Waals surface area contributed by atoms with E-state index in [9.17, 15) is 0 Å². The second kappa shape index (κ2) is 4.27. The van der Waals surface area contributed by atoms with E-state index >= 15 is 0 Å². The Balaban J connectivity index is 2.34. The smallest absolute Gasteiger partial charge is 0.00669 e. The molecule has 0 nitrogen and oxygen atoms in total. The summed E-state index contributed by atoms with van der Waals surface area (Å²) >= 11 is 4.38. The Hall–Kier alpha value is 0.350. The highest BCUT2D eigenvalue weighted by Crippen LogP contribution is 2.32. The van der Waals surface area contributed by atoms with Crippen molar-refractivity contribution in [3.05, 3.63) is 0 Å². The molecule has 1 fully saturated rings. The predicted octanol–water partition coefficient (Wildman–Crippen LogP) is 3.13. The number of rotatable bonds is 2. The highest BCUT2D eigenvalue weighted by Gasteiger charge is 2.21. The van der Waals surface area contributed by atoms with Gasteiger partial charge in [-0.15, -0.1) is 0 Å². The minimum absolute atomic E-state index is 0.932. The van der Waals surface area contributed by atoms with Gasteiger partial charge >= 0.3 is 0 Å². The molecule has 0 aromatic carbocycles. The molecule has 0 aliphatic heterocycles. The second-order valence-corrected chi connectivity index (χ2v) is 3.76. The van der Waals surface area contributed by atoms with Gasteiger partial charge in [-0.25, -0.2) is 0 Å². The molecule has 0 spiro atoms. The van der Waals surface area contributed by atoms with E-state index in [0.717, 1.165) is 17.6 Å². The monoisotopic (exact) mass is 158 g/mol. The molecule has 0 N–H and O–H groups in total. The topological polar surface area (TPSA) is 0 Å². The molecular weight excluding hydrogens is 140 g/mol. The van der Waals surface area contributed by atoms with Gasteiger partial charge in [0.1, 0.15) is 0 Å². The van der Waals surface area contributed by atoms with Gasteiger partial charge in [-0.1, -0.05) is 32.6 Å². The van der Waals surface area contributed by atoms with Crippen molar-refractivity contribution in [1.29, 1.82) is 0 Å². The number of hydrogen-bond donors (Lipinski definition) is 1. The average molecular weight is 158 g/mol. The molecule has 1 unspecified atom stereocenters. The lowest BCUT2D eigenvalue weighted by atomic mass is 9.79. The van der Waals surface area contributed by atoms with Gasteiger partial charge in [-0.2, -0.15) is 12.6 Å². The third-order valence-corrected chi connectivity index (χ3v) is 3.29. The van der Waals surface area contributed by atoms with Crippen molar-refractivity contribution < 1.29 is 0 Å². The first kappa shape index (κ1) is 8.45. The van der Waals surface area contributed by atoms with Crippen LogP contribution in [0.2, 0.25) is 0 Å². The van der Waals surface area contributed by atoms with Crippen molar-refractivity contribution in [2.75, 3.05) is 5.75 Å². The molecular formula is C9H18S. The first-order chi connectivity index (χ1) is 4.88. The summed E-state index contributed by atoms with van der Waals surface area (Å²) in [6.07, 6.45) is 7.17. The maximum Gasteiger partial charge on any atom is -0.00669 e. The van der Waals surface area contributed by atoms with Crippen molar-refractivity contribution >= 4 is 12.6 Å². The van der Waals surface area contributed by atoms with Crippen molar-refractivity contribution in [3.63, 3.8) is 0 Å². The van der Waals surface area contributed by atoms with Crippen LogP contribution in [0.25, 0.3) is 0 Å². The number of hydrogen-bond acceptors (Lipinski definition) is 1. The summed E-state index contributed by atoms with van der Waals surface area (Å²) in [7, 11) is 0. The molecule has 0 aromatic heterocycles. The Morgan fingerprint density at radius 2 is 1.80 bits per heavy atom. The quantitative estimate of drug-likeness (QED) is 0.586. The predicted molar refractivity (Wildman–Crippen MR) is 49.6 cm³/mol. The van der Waals surface area contributed by atoms with Gasteiger partial charge in [0, 0.05) is 0 Å². The van der Waals surface area contributed by atoms with E-state index in [4.69, 9.17) is 0 Å². The van der Waals surface area contributed by atoms with Crippen LogP contribution >= 0.6 is 12.6 Å². The van der Waals surface area contributed by atoms with Gasteiger partial charge in [-0.05, 0) is 24.0 Å². The molecule has 1 rings (SSSR count). The Kier molecular flexibility index (Phi) is 3.61. The molecule has 0 heterocycles. The van der Waals surface area contributed by atoms with E-state index in [1.54, 1.807) is 0 Å². The lowest BCUT2D eigenvalue weighted by Gasteiger charge is -2.29. The maximum absolute atomic E-state index is 4.38.